The lowest BCUT2D eigenvalue weighted by Gasteiger charge is -2.18. The Balaban J connectivity index is 0.00000288. The molecule has 0 spiro atoms. The molecule has 2 rings (SSSR count). The average Bonchev–Trinajstić information content (AvgIpc) is 2.60. The van der Waals surface area contributed by atoms with E-state index in [0.717, 1.165) is 18.6 Å². The van der Waals surface area contributed by atoms with E-state index in [4.69, 9.17) is 4.74 Å². The van der Waals surface area contributed by atoms with Crippen molar-refractivity contribution in [2.24, 2.45) is 0 Å². The number of ether oxygens (including phenoxy) is 1. The van der Waals surface area contributed by atoms with E-state index in [9.17, 15) is 5.11 Å². The third-order valence-corrected chi connectivity index (χ3v) is 3.86. The summed E-state index contributed by atoms with van der Waals surface area (Å²) in [6, 6.07) is 18.5. The van der Waals surface area contributed by atoms with E-state index >= 15 is 0 Å². The molecule has 0 bridgehead atoms. The van der Waals surface area contributed by atoms with Gasteiger partial charge in [0.15, 0.2) is 0 Å². The number of benzene rings is 2. The molecule has 0 saturated carbocycles. The van der Waals surface area contributed by atoms with Crippen LogP contribution in [0.25, 0.3) is 0 Å². The summed E-state index contributed by atoms with van der Waals surface area (Å²) < 4.78 is 5.65. The highest BCUT2D eigenvalue weighted by Crippen LogP contribution is 2.14. The first-order chi connectivity index (χ1) is 11.2. The van der Waals surface area contributed by atoms with Crippen molar-refractivity contribution in [2.75, 3.05) is 13.2 Å². The van der Waals surface area contributed by atoms with E-state index in [1.165, 1.54) is 11.1 Å². The monoisotopic (exact) mass is 348 g/mol. The van der Waals surface area contributed by atoms with Crippen molar-refractivity contribution in [3.63, 3.8) is 0 Å². The van der Waals surface area contributed by atoms with Gasteiger partial charge in [-0.3, -0.25) is 0 Å². The summed E-state index contributed by atoms with van der Waals surface area (Å²) in [7, 11) is 0. The van der Waals surface area contributed by atoms with E-state index in [2.05, 4.69) is 43.4 Å². The fourth-order valence-electron chi connectivity index (χ4n) is 2.46. The van der Waals surface area contributed by atoms with Gasteiger partial charge in [0.25, 0.3) is 0 Å². The molecule has 0 aliphatic heterocycles. The normalized spacial score (nSPS) is 13.0. The maximum absolute atomic E-state index is 10.1. The molecule has 2 unspecified atom stereocenters. The molecule has 0 radical (unpaired) electrons. The second-order valence-electron chi connectivity index (χ2n) is 5.90. The average molecular weight is 349 g/mol. The number of hydrogen-bond acceptors (Lipinski definition) is 3. The van der Waals surface area contributed by atoms with Gasteiger partial charge in [-0.05, 0) is 36.6 Å². The SMILES string of the molecule is CCCc1ccc(OCC(O)CNC(C)c2ccccc2)cc1.[Cl-]. The lowest BCUT2D eigenvalue weighted by Crippen LogP contribution is -3.00. The van der Waals surface area contributed by atoms with Crippen LogP contribution in [0.1, 0.15) is 37.4 Å². The van der Waals surface area contributed by atoms with E-state index in [1.54, 1.807) is 0 Å². The number of halogens is 1. The van der Waals surface area contributed by atoms with Crippen LogP contribution in [-0.4, -0.2) is 24.4 Å². The predicted molar refractivity (Wildman–Crippen MR) is 94.8 cm³/mol. The van der Waals surface area contributed by atoms with E-state index < -0.39 is 6.10 Å². The summed E-state index contributed by atoms with van der Waals surface area (Å²) in [4.78, 5) is 0. The zero-order chi connectivity index (χ0) is 16.5. The summed E-state index contributed by atoms with van der Waals surface area (Å²) in [6.07, 6.45) is 1.70. The van der Waals surface area contributed by atoms with E-state index in [1.807, 2.05) is 30.3 Å². The summed E-state index contributed by atoms with van der Waals surface area (Å²) in [5, 5.41) is 13.4. The Kier molecular flexibility index (Phi) is 9.46. The first-order valence-corrected chi connectivity index (χ1v) is 8.37. The van der Waals surface area contributed by atoms with Gasteiger partial charge in [0.2, 0.25) is 0 Å². The van der Waals surface area contributed by atoms with Crippen LogP contribution in [0.5, 0.6) is 5.75 Å². The van der Waals surface area contributed by atoms with Crippen LogP contribution in [0.4, 0.5) is 0 Å². The first-order valence-electron chi connectivity index (χ1n) is 8.37. The molecule has 2 N–H and O–H groups in total. The number of aliphatic hydroxyl groups excluding tert-OH is 1. The molecule has 0 heterocycles. The van der Waals surface area contributed by atoms with Crippen LogP contribution in [0.3, 0.4) is 0 Å². The zero-order valence-corrected chi connectivity index (χ0v) is 15.2. The minimum absolute atomic E-state index is 0. The molecule has 24 heavy (non-hydrogen) atoms. The standard InChI is InChI=1S/C20H27NO2.ClH/c1-3-7-17-10-12-20(13-11-17)23-15-19(22)14-21-16(2)18-8-5-4-6-9-18;/h4-6,8-13,16,19,21-22H,3,7,14-15H2,1-2H3;1H/p-1. The van der Waals surface area contributed by atoms with Crippen molar-refractivity contribution in [3.05, 3.63) is 65.7 Å². The van der Waals surface area contributed by atoms with Crippen LogP contribution in [0.15, 0.2) is 54.6 Å². The largest absolute Gasteiger partial charge is 1.00 e. The fourth-order valence-corrected chi connectivity index (χ4v) is 2.46. The van der Waals surface area contributed by atoms with E-state index in [-0.39, 0.29) is 18.4 Å². The lowest BCUT2D eigenvalue weighted by molar-refractivity contribution is -0.00000662. The highest BCUT2D eigenvalue weighted by molar-refractivity contribution is 5.27. The number of nitrogens with one attached hydrogen (secondary N) is 1. The Morgan fingerprint density at radius 2 is 1.71 bits per heavy atom. The second-order valence-corrected chi connectivity index (χ2v) is 5.90. The minimum atomic E-state index is -0.531. The maximum atomic E-state index is 10.1. The molecule has 0 saturated heterocycles. The molecule has 0 aromatic heterocycles. The Bertz CT molecular complexity index is 560. The van der Waals surface area contributed by atoms with Gasteiger partial charge in [-0.25, -0.2) is 0 Å². The van der Waals surface area contributed by atoms with Crippen molar-refractivity contribution in [3.8, 4) is 5.75 Å². The Morgan fingerprint density at radius 3 is 2.33 bits per heavy atom. The van der Waals surface area contributed by atoms with Crippen molar-refractivity contribution in [1.82, 2.24) is 5.32 Å². The van der Waals surface area contributed by atoms with Crippen molar-refractivity contribution in [2.45, 2.75) is 38.8 Å². The molecular weight excluding hydrogens is 322 g/mol. The van der Waals surface area contributed by atoms with Crippen LogP contribution >= 0.6 is 0 Å². The predicted octanol–water partition coefficient (Wildman–Crippen LogP) is 0.734. The van der Waals surface area contributed by atoms with Crippen LogP contribution in [0.2, 0.25) is 0 Å². The number of hydrogen-bond donors (Lipinski definition) is 2. The topological polar surface area (TPSA) is 41.5 Å². The summed E-state index contributed by atoms with van der Waals surface area (Å²) >= 11 is 0. The van der Waals surface area contributed by atoms with Crippen molar-refractivity contribution < 1.29 is 22.3 Å². The zero-order valence-electron chi connectivity index (χ0n) is 14.4. The molecule has 0 fully saturated rings. The van der Waals surface area contributed by atoms with Gasteiger partial charge >= 0.3 is 0 Å². The third kappa shape index (κ3) is 6.91. The van der Waals surface area contributed by atoms with Crippen LogP contribution in [0, 0.1) is 0 Å². The molecule has 3 nitrogen and oxygen atoms in total. The molecule has 0 amide bonds. The fraction of sp³-hybridized carbons (Fsp3) is 0.400. The highest BCUT2D eigenvalue weighted by atomic mass is 35.5. The number of aliphatic hydroxyl groups is 1. The summed E-state index contributed by atoms with van der Waals surface area (Å²) in [5.74, 6) is 0.806. The smallest absolute Gasteiger partial charge is 0.119 e. The van der Waals surface area contributed by atoms with Gasteiger partial charge in [0, 0.05) is 12.6 Å². The third-order valence-electron chi connectivity index (χ3n) is 3.86. The molecule has 2 aromatic carbocycles. The van der Waals surface area contributed by atoms with Gasteiger partial charge in [0.1, 0.15) is 18.5 Å². The van der Waals surface area contributed by atoms with Gasteiger partial charge in [-0.2, -0.15) is 0 Å². The van der Waals surface area contributed by atoms with Gasteiger partial charge in [-0.15, -0.1) is 0 Å². The number of rotatable bonds is 9. The lowest BCUT2D eigenvalue weighted by atomic mass is 10.1. The highest BCUT2D eigenvalue weighted by Gasteiger charge is 2.09. The Hall–Kier alpha value is -1.55. The summed E-state index contributed by atoms with van der Waals surface area (Å²) in [5.41, 5.74) is 2.53. The van der Waals surface area contributed by atoms with Crippen LogP contribution in [-0.2, 0) is 6.42 Å². The second kappa shape index (κ2) is 11.1. The summed E-state index contributed by atoms with van der Waals surface area (Å²) in [6.45, 7) is 5.06. The molecule has 2 atom stereocenters. The quantitative estimate of drug-likeness (QED) is 0.702. The Labute approximate surface area is 151 Å². The molecule has 0 aliphatic rings. The molecule has 0 aliphatic carbocycles. The molecule has 2 aromatic rings. The van der Waals surface area contributed by atoms with Gasteiger partial charge in [-0.1, -0.05) is 55.8 Å². The molecule has 132 valence electrons. The maximum Gasteiger partial charge on any atom is 0.119 e. The molecule has 4 heteroatoms. The molecular formula is C20H27ClNO2-. The van der Waals surface area contributed by atoms with Gasteiger partial charge in [0.05, 0.1) is 0 Å². The van der Waals surface area contributed by atoms with Crippen molar-refractivity contribution >= 4 is 0 Å². The first kappa shape index (κ1) is 20.5. The van der Waals surface area contributed by atoms with Crippen LogP contribution < -0.4 is 22.5 Å². The minimum Gasteiger partial charge on any atom is -1.00 e. The van der Waals surface area contributed by atoms with Gasteiger partial charge < -0.3 is 27.6 Å². The number of aryl methyl sites for hydroxylation is 1. The van der Waals surface area contributed by atoms with E-state index in [0.29, 0.717) is 13.2 Å². The Morgan fingerprint density at radius 1 is 1.04 bits per heavy atom. The van der Waals surface area contributed by atoms with Crippen molar-refractivity contribution in [1.29, 1.82) is 0 Å².